The molecule has 5 heteroatoms. The molecule has 0 radical (unpaired) electrons. The average Bonchev–Trinajstić information content (AvgIpc) is 2.30. The summed E-state index contributed by atoms with van der Waals surface area (Å²) < 4.78 is 24.6. The fourth-order valence-corrected chi connectivity index (χ4v) is 6.41. The summed E-state index contributed by atoms with van der Waals surface area (Å²) in [6.45, 7) is 4.54. The van der Waals surface area contributed by atoms with Crippen LogP contribution in [-0.2, 0) is 9.84 Å². The summed E-state index contributed by atoms with van der Waals surface area (Å²) in [5.41, 5.74) is 2.86. The maximum Gasteiger partial charge on any atom is 0.154 e. The normalized spacial score (nSPS) is 40.8. The summed E-state index contributed by atoms with van der Waals surface area (Å²) in [6, 6.07) is -0.0597. The number of nitrogens with one attached hydrogen (secondary N) is 1. The van der Waals surface area contributed by atoms with Gasteiger partial charge in [-0.2, -0.15) is 0 Å². The van der Waals surface area contributed by atoms with E-state index in [2.05, 4.69) is 19.3 Å². The molecule has 0 spiro atoms. The van der Waals surface area contributed by atoms with Crippen LogP contribution in [0.2, 0.25) is 0 Å². The molecule has 1 saturated heterocycles. The van der Waals surface area contributed by atoms with Crippen molar-refractivity contribution in [2.24, 2.45) is 23.6 Å². The molecule has 2 aliphatic rings. The highest BCUT2D eigenvalue weighted by atomic mass is 32.2. The fraction of sp³-hybridized carbons (Fsp3) is 1.00. The molecule has 4 unspecified atom stereocenters. The van der Waals surface area contributed by atoms with Crippen LogP contribution in [-0.4, -0.2) is 25.5 Å². The Kier molecular flexibility index (Phi) is 4.90. The van der Waals surface area contributed by atoms with Gasteiger partial charge in [-0.15, -0.1) is 0 Å². The van der Waals surface area contributed by atoms with Gasteiger partial charge in [-0.25, -0.2) is 8.42 Å². The predicted molar refractivity (Wildman–Crippen MR) is 78.2 cm³/mol. The largest absolute Gasteiger partial charge is 0.271 e. The Morgan fingerprint density at radius 1 is 1.11 bits per heavy atom. The van der Waals surface area contributed by atoms with E-state index in [4.69, 9.17) is 5.84 Å². The molecule has 4 nitrogen and oxygen atoms in total. The molecule has 19 heavy (non-hydrogen) atoms. The lowest BCUT2D eigenvalue weighted by Gasteiger charge is -2.40. The Balaban J connectivity index is 2.14. The quantitative estimate of drug-likeness (QED) is 0.614. The van der Waals surface area contributed by atoms with E-state index in [-0.39, 0.29) is 11.3 Å². The molecule has 1 saturated carbocycles. The van der Waals surface area contributed by atoms with Crippen LogP contribution in [0, 0.1) is 17.8 Å². The van der Waals surface area contributed by atoms with Gasteiger partial charge in [0.05, 0.1) is 11.0 Å². The Morgan fingerprint density at radius 2 is 1.74 bits per heavy atom. The summed E-state index contributed by atoms with van der Waals surface area (Å²) in [4.78, 5) is 0. The van der Waals surface area contributed by atoms with E-state index in [0.29, 0.717) is 23.5 Å². The number of hydrogen-bond donors (Lipinski definition) is 2. The van der Waals surface area contributed by atoms with Crippen molar-refractivity contribution in [1.82, 2.24) is 5.43 Å². The number of hydrazine groups is 1. The van der Waals surface area contributed by atoms with Gasteiger partial charge in [-0.1, -0.05) is 20.3 Å². The Hall–Kier alpha value is -0.130. The third kappa shape index (κ3) is 3.50. The third-order valence-electron chi connectivity index (χ3n) is 4.94. The van der Waals surface area contributed by atoms with Crippen LogP contribution in [0.15, 0.2) is 0 Å². The van der Waals surface area contributed by atoms with Gasteiger partial charge in [0.1, 0.15) is 0 Å². The van der Waals surface area contributed by atoms with Gasteiger partial charge in [0.2, 0.25) is 0 Å². The third-order valence-corrected chi connectivity index (χ3v) is 7.25. The predicted octanol–water partition coefficient (Wildman–Crippen LogP) is 1.86. The van der Waals surface area contributed by atoms with Crippen molar-refractivity contribution in [3.8, 4) is 0 Å². The molecule has 0 aromatic rings. The summed E-state index contributed by atoms with van der Waals surface area (Å²) in [5.74, 6) is 7.83. The highest BCUT2D eigenvalue weighted by Crippen LogP contribution is 2.37. The minimum Gasteiger partial charge on any atom is -0.271 e. The first kappa shape index (κ1) is 15.3. The highest BCUT2D eigenvalue weighted by molar-refractivity contribution is 7.92. The zero-order chi connectivity index (χ0) is 14.0. The van der Waals surface area contributed by atoms with Crippen LogP contribution in [0.3, 0.4) is 0 Å². The van der Waals surface area contributed by atoms with Crippen LogP contribution < -0.4 is 11.3 Å². The van der Waals surface area contributed by atoms with Gasteiger partial charge in [-0.3, -0.25) is 11.3 Å². The SMILES string of the molecule is CC1CC(C)CC(C(NN)C2CCCCS2(=O)=O)C1. The lowest BCUT2D eigenvalue weighted by Crippen LogP contribution is -2.54. The fourth-order valence-electron chi connectivity index (χ4n) is 4.23. The van der Waals surface area contributed by atoms with E-state index < -0.39 is 9.84 Å². The van der Waals surface area contributed by atoms with Gasteiger partial charge >= 0.3 is 0 Å². The maximum absolute atomic E-state index is 12.3. The number of hydrogen-bond acceptors (Lipinski definition) is 4. The van der Waals surface area contributed by atoms with E-state index in [9.17, 15) is 8.42 Å². The van der Waals surface area contributed by atoms with Crippen LogP contribution in [0.5, 0.6) is 0 Å². The van der Waals surface area contributed by atoms with Crippen molar-refractivity contribution >= 4 is 9.84 Å². The number of sulfone groups is 1. The van der Waals surface area contributed by atoms with Crippen molar-refractivity contribution < 1.29 is 8.42 Å². The smallest absolute Gasteiger partial charge is 0.154 e. The molecule has 2 rings (SSSR count). The molecule has 0 aromatic carbocycles. The summed E-state index contributed by atoms with van der Waals surface area (Å²) >= 11 is 0. The topological polar surface area (TPSA) is 72.2 Å². The molecule has 1 aliphatic heterocycles. The van der Waals surface area contributed by atoms with E-state index >= 15 is 0 Å². The van der Waals surface area contributed by atoms with Crippen molar-refractivity contribution in [2.75, 3.05) is 5.75 Å². The summed E-state index contributed by atoms with van der Waals surface area (Å²) in [6.07, 6.45) is 6.06. The molecular weight excluding hydrogens is 260 g/mol. The van der Waals surface area contributed by atoms with E-state index in [1.54, 1.807) is 0 Å². The van der Waals surface area contributed by atoms with Crippen LogP contribution in [0.25, 0.3) is 0 Å². The molecule has 1 aliphatic carbocycles. The van der Waals surface area contributed by atoms with Gasteiger partial charge in [-0.05, 0) is 49.9 Å². The van der Waals surface area contributed by atoms with E-state index in [1.165, 1.54) is 6.42 Å². The van der Waals surface area contributed by atoms with Crippen molar-refractivity contribution in [2.45, 2.75) is 63.7 Å². The van der Waals surface area contributed by atoms with E-state index in [1.807, 2.05) is 0 Å². The Labute approximate surface area is 117 Å². The minimum atomic E-state index is -2.96. The zero-order valence-electron chi connectivity index (χ0n) is 12.1. The van der Waals surface area contributed by atoms with Gasteiger partial charge in [0.15, 0.2) is 9.84 Å². The van der Waals surface area contributed by atoms with Crippen LogP contribution in [0.4, 0.5) is 0 Å². The van der Waals surface area contributed by atoms with Crippen LogP contribution >= 0.6 is 0 Å². The maximum atomic E-state index is 12.3. The van der Waals surface area contributed by atoms with Crippen molar-refractivity contribution in [3.63, 3.8) is 0 Å². The molecule has 0 amide bonds. The summed E-state index contributed by atoms with van der Waals surface area (Å²) in [5, 5.41) is -0.270. The van der Waals surface area contributed by atoms with Gasteiger partial charge < -0.3 is 0 Å². The first-order valence-electron chi connectivity index (χ1n) is 7.61. The zero-order valence-corrected chi connectivity index (χ0v) is 13.0. The lowest BCUT2D eigenvalue weighted by atomic mass is 9.73. The second kappa shape index (κ2) is 6.10. The summed E-state index contributed by atoms with van der Waals surface area (Å²) in [7, 11) is -2.96. The van der Waals surface area contributed by atoms with E-state index in [0.717, 1.165) is 32.1 Å². The second-order valence-corrected chi connectivity index (χ2v) is 9.11. The van der Waals surface area contributed by atoms with Crippen LogP contribution in [0.1, 0.15) is 52.4 Å². The average molecular weight is 288 g/mol. The minimum absolute atomic E-state index is 0.0597. The molecule has 112 valence electrons. The molecule has 2 fully saturated rings. The standard InChI is InChI=1S/C14H28N2O2S/c1-10-7-11(2)9-12(8-10)14(16-15)13-5-3-4-6-19(13,17)18/h10-14,16H,3-9,15H2,1-2H3. The van der Waals surface area contributed by atoms with Gasteiger partial charge in [0.25, 0.3) is 0 Å². The first-order valence-corrected chi connectivity index (χ1v) is 9.33. The van der Waals surface area contributed by atoms with Crippen molar-refractivity contribution in [3.05, 3.63) is 0 Å². The highest BCUT2D eigenvalue weighted by Gasteiger charge is 2.40. The number of rotatable bonds is 3. The number of nitrogens with two attached hydrogens (primary N) is 1. The molecule has 0 bridgehead atoms. The molecule has 4 atom stereocenters. The van der Waals surface area contributed by atoms with Gasteiger partial charge in [0, 0.05) is 6.04 Å². The lowest BCUT2D eigenvalue weighted by molar-refractivity contribution is 0.170. The Morgan fingerprint density at radius 3 is 2.26 bits per heavy atom. The molecular formula is C14H28N2O2S. The molecule has 0 aromatic heterocycles. The second-order valence-electron chi connectivity index (χ2n) is 6.77. The first-order chi connectivity index (χ1) is 8.94. The molecule has 1 heterocycles. The monoisotopic (exact) mass is 288 g/mol. The molecule has 3 N–H and O–H groups in total. The van der Waals surface area contributed by atoms with Crippen molar-refractivity contribution in [1.29, 1.82) is 0 Å². The Bertz CT molecular complexity index is 386.